The second kappa shape index (κ2) is 7.52. The monoisotopic (exact) mass is 302 g/mol. The Kier molecular flexibility index (Phi) is 5.44. The maximum atomic E-state index is 12.2. The minimum absolute atomic E-state index is 0.0445. The van der Waals surface area contributed by atoms with Crippen molar-refractivity contribution in [3.8, 4) is 6.07 Å². The lowest BCUT2D eigenvalue weighted by Crippen LogP contribution is -2.43. The number of rotatable bonds is 4. The minimum atomic E-state index is -0.477. The van der Waals surface area contributed by atoms with E-state index in [1.807, 2.05) is 6.07 Å². The van der Waals surface area contributed by atoms with Crippen LogP contribution in [-0.4, -0.2) is 48.0 Å². The van der Waals surface area contributed by atoms with Crippen LogP contribution in [0.15, 0.2) is 18.3 Å². The fraction of sp³-hybridized carbons (Fsp3) is 0.467. The molecule has 0 bridgehead atoms. The van der Waals surface area contributed by atoms with Crippen LogP contribution in [0.25, 0.3) is 0 Å². The number of amides is 2. The van der Waals surface area contributed by atoms with Gasteiger partial charge in [0.1, 0.15) is 11.9 Å². The lowest BCUT2D eigenvalue weighted by Gasteiger charge is -2.22. The maximum Gasteiger partial charge on any atom is 0.252 e. The van der Waals surface area contributed by atoms with Gasteiger partial charge in [0.15, 0.2) is 0 Å². The molecule has 22 heavy (non-hydrogen) atoms. The summed E-state index contributed by atoms with van der Waals surface area (Å²) in [4.78, 5) is 29.8. The third kappa shape index (κ3) is 4.02. The summed E-state index contributed by atoms with van der Waals surface area (Å²) in [5, 5.41) is 11.4. The van der Waals surface area contributed by atoms with Crippen LogP contribution in [0, 0.1) is 11.3 Å². The Bertz CT molecular complexity index is 597. The van der Waals surface area contributed by atoms with Gasteiger partial charge in [0.05, 0.1) is 18.2 Å². The average molecular weight is 302 g/mol. The van der Waals surface area contributed by atoms with Gasteiger partial charge in [-0.15, -0.1) is 0 Å². The number of pyridine rings is 1. The Morgan fingerprint density at radius 3 is 3.14 bits per heavy atom. The number of ether oxygens (including phenoxy) is 1. The summed E-state index contributed by atoms with van der Waals surface area (Å²) < 4.78 is 5.17. The first-order chi connectivity index (χ1) is 10.6. The van der Waals surface area contributed by atoms with Gasteiger partial charge in [0.2, 0.25) is 5.91 Å². The molecule has 1 aromatic rings. The van der Waals surface area contributed by atoms with Gasteiger partial charge in [-0.2, -0.15) is 5.26 Å². The summed E-state index contributed by atoms with van der Waals surface area (Å²) in [5.41, 5.74) is 0.413. The maximum absolute atomic E-state index is 12.2. The highest BCUT2D eigenvalue weighted by Gasteiger charge is 2.28. The quantitative estimate of drug-likeness (QED) is 0.892. The van der Waals surface area contributed by atoms with Crippen molar-refractivity contribution in [3.05, 3.63) is 23.9 Å². The molecule has 2 rings (SSSR count). The number of likely N-dealkylation sites (tertiary alicyclic amines) is 1. The second-order valence-electron chi connectivity index (χ2n) is 5.07. The second-order valence-corrected chi connectivity index (χ2v) is 5.07. The molecular weight excluding hydrogens is 284 g/mol. The van der Waals surface area contributed by atoms with E-state index in [1.165, 1.54) is 24.3 Å². The van der Waals surface area contributed by atoms with Gasteiger partial charge in [-0.25, -0.2) is 4.98 Å². The molecule has 7 heteroatoms. The van der Waals surface area contributed by atoms with E-state index in [2.05, 4.69) is 10.3 Å². The zero-order valence-corrected chi connectivity index (χ0v) is 12.4. The molecule has 7 nitrogen and oxygen atoms in total. The fourth-order valence-corrected chi connectivity index (χ4v) is 2.37. The SMILES string of the molecule is COC1CCCCN(CC(=O)Nc2cc(C#N)ccn2)C1=O. The predicted octanol–water partition coefficient (Wildman–Crippen LogP) is 0.919. The number of aromatic nitrogens is 1. The van der Waals surface area contributed by atoms with Gasteiger partial charge in [-0.3, -0.25) is 9.59 Å². The molecule has 0 spiro atoms. The van der Waals surface area contributed by atoms with Gasteiger partial charge >= 0.3 is 0 Å². The van der Waals surface area contributed by atoms with Crippen LogP contribution in [0.2, 0.25) is 0 Å². The molecule has 0 aliphatic carbocycles. The number of hydrogen-bond donors (Lipinski definition) is 1. The highest BCUT2D eigenvalue weighted by molar-refractivity contribution is 5.94. The fourth-order valence-electron chi connectivity index (χ4n) is 2.37. The third-order valence-electron chi connectivity index (χ3n) is 3.51. The normalized spacial score (nSPS) is 18.5. The first-order valence-corrected chi connectivity index (χ1v) is 7.11. The summed E-state index contributed by atoms with van der Waals surface area (Å²) in [5.74, 6) is -0.198. The van der Waals surface area contributed by atoms with E-state index in [4.69, 9.17) is 10.00 Å². The van der Waals surface area contributed by atoms with Crippen molar-refractivity contribution in [3.63, 3.8) is 0 Å². The van der Waals surface area contributed by atoms with Crippen molar-refractivity contribution >= 4 is 17.6 Å². The molecule has 1 unspecified atom stereocenters. The lowest BCUT2D eigenvalue weighted by molar-refractivity contribution is -0.143. The summed E-state index contributed by atoms with van der Waals surface area (Å²) in [6.45, 7) is 0.495. The van der Waals surface area contributed by atoms with E-state index in [0.717, 1.165) is 12.8 Å². The van der Waals surface area contributed by atoms with Crippen LogP contribution in [0.4, 0.5) is 5.82 Å². The Labute approximate surface area is 128 Å². The van der Waals surface area contributed by atoms with Gasteiger partial charge in [-0.05, 0) is 31.4 Å². The van der Waals surface area contributed by atoms with Crippen molar-refractivity contribution in [1.29, 1.82) is 5.26 Å². The molecule has 1 N–H and O–H groups in total. The van der Waals surface area contributed by atoms with Crippen molar-refractivity contribution in [2.24, 2.45) is 0 Å². The van der Waals surface area contributed by atoms with Crippen LogP contribution >= 0.6 is 0 Å². The summed E-state index contributed by atoms with van der Waals surface area (Å²) >= 11 is 0. The molecule has 1 aliphatic heterocycles. The zero-order valence-electron chi connectivity index (χ0n) is 12.4. The minimum Gasteiger partial charge on any atom is -0.372 e. The Morgan fingerprint density at radius 2 is 2.41 bits per heavy atom. The topological polar surface area (TPSA) is 95.3 Å². The molecule has 1 aromatic heterocycles. The number of methoxy groups -OCH3 is 1. The lowest BCUT2D eigenvalue weighted by atomic mass is 10.2. The van der Waals surface area contributed by atoms with E-state index in [9.17, 15) is 9.59 Å². The van der Waals surface area contributed by atoms with Crippen LogP contribution in [0.5, 0.6) is 0 Å². The van der Waals surface area contributed by atoms with Crippen LogP contribution < -0.4 is 5.32 Å². The number of nitriles is 1. The molecule has 1 saturated heterocycles. The average Bonchev–Trinajstić information content (AvgIpc) is 2.69. The molecular formula is C15H18N4O3. The van der Waals surface area contributed by atoms with Gasteiger partial charge in [-0.1, -0.05) is 0 Å². The predicted molar refractivity (Wildman–Crippen MR) is 78.8 cm³/mol. The zero-order chi connectivity index (χ0) is 15.9. The number of anilines is 1. The first-order valence-electron chi connectivity index (χ1n) is 7.11. The van der Waals surface area contributed by atoms with Gasteiger partial charge in [0, 0.05) is 19.9 Å². The van der Waals surface area contributed by atoms with E-state index in [-0.39, 0.29) is 18.4 Å². The highest BCUT2D eigenvalue weighted by atomic mass is 16.5. The smallest absolute Gasteiger partial charge is 0.252 e. The Hall–Kier alpha value is -2.46. The molecule has 0 radical (unpaired) electrons. The molecule has 0 saturated carbocycles. The Balaban J connectivity index is 1.98. The molecule has 2 amide bonds. The molecule has 116 valence electrons. The summed E-state index contributed by atoms with van der Waals surface area (Å²) in [7, 11) is 1.50. The molecule has 1 aliphatic rings. The molecule has 0 aromatic carbocycles. The van der Waals surface area contributed by atoms with Crippen molar-refractivity contribution in [2.75, 3.05) is 25.5 Å². The number of nitrogens with zero attached hydrogens (tertiary/aromatic N) is 3. The van der Waals surface area contributed by atoms with Gasteiger partial charge in [0.25, 0.3) is 5.91 Å². The standard InChI is InChI=1S/C15H18N4O3/c1-22-12-4-2-3-7-19(15(12)21)10-14(20)18-13-8-11(9-16)5-6-17-13/h5-6,8,12H,2-4,7,10H2,1H3,(H,17,18,20). The third-order valence-corrected chi connectivity index (χ3v) is 3.51. The van der Waals surface area contributed by atoms with E-state index in [1.54, 1.807) is 6.07 Å². The van der Waals surface area contributed by atoms with Crippen molar-refractivity contribution in [2.45, 2.75) is 25.4 Å². The van der Waals surface area contributed by atoms with Gasteiger partial charge < -0.3 is 15.0 Å². The van der Waals surface area contributed by atoms with E-state index < -0.39 is 6.10 Å². The van der Waals surface area contributed by atoms with Crippen LogP contribution in [0.3, 0.4) is 0 Å². The number of hydrogen-bond acceptors (Lipinski definition) is 5. The molecule has 1 fully saturated rings. The van der Waals surface area contributed by atoms with Crippen molar-refractivity contribution < 1.29 is 14.3 Å². The van der Waals surface area contributed by atoms with Crippen molar-refractivity contribution in [1.82, 2.24) is 9.88 Å². The largest absolute Gasteiger partial charge is 0.372 e. The van der Waals surface area contributed by atoms with E-state index >= 15 is 0 Å². The summed E-state index contributed by atoms with van der Waals surface area (Å²) in [6, 6.07) is 5.02. The Morgan fingerprint density at radius 1 is 1.59 bits per heavy atom. The summed E-state index contributed by atoms with van der Waals surface area (Å²) in [6.07, 6.45) is 3.40. The number of carbonyl (C=O) groups is 2. The molecule has 1 atom stereocenters. The number of nitrogens with one attached hydrogen (secondary N) is 1. The molecule has 2 heterocycles. The van der Waals surface area contributed by atoms with Crippen LogP contribution in [0.1, 0.15) is 24.8 Å². The van der Waals surface area contributed by atoms with Crippen LogP contribution in [-0.2, 0) is 14.3 Å². The highest BCUT2D eigenvalue weighted by Crippen LogP contribution is 2.14. The van der Waals surface area contributed by atoms with E-state index in [0.29, 0.717) is 24.3 Å². The number of carbonyl (C=O) groups excluding carboxylic acids is 2. The first kappa shape index (κ1) is 15.9.